The minimum atomic E-state index is -0.159. The third kappa shape index (κ3) is 3.37. The molecule has 0 aliphatic heterocycles. The van der Waals surface area contributed by atoms with Gasteiger partial charge in [0.15, 0.2) is 22.9 Å². The SMILES string of the molecule is CC(=O)c1ccc(-c2cnc3ccc(NCc4ccc(O)c(O)c4)nn23)cc1. The first kappa shape index (κ1) is 17.5. The number of benzene rings is 2. The first-order valence-electron chi connectivity index (χ1n) is 8.72. The van der Waals surface area contributed by atoms with Crippen LogP contribution in [-0.4, -0.2) is 30.6 Å². The average Bonchev–Trinajstić information content (AvgIpc) is 3.12. The molecular weight excluding hydrogens is 356 g/mol. The number of aromatic nitrogens is 3. The minimum absolute atomic E-state index is 0.0228. The monoisotopic (exact) mass is 374 g/mol. The fourth-order valence-corrected chi connectivity index (χ4v) is 2.91. The summed E-state index contributed by atoms with van der Waals surface area (Å²) in [6, 6.07) is 15.7. The van der Waals surface area contributed by atoms with Gasteiger partial charge in [-0.15, -0.1) is 5.10 Å². The third-order valence-corrected chi connectivity index (χ3v) is 4.46. The molecule has 7 heteroatoms. The predicted molar refractivity (Wildman–Crippen MR) is 106 cm³/mol. The van der Waals surface area contributed by atoms with Crippen LogP contribution in [0.1, 0.15) is 22.8 Å². The molecule has 0 saturated heterocycles. The lowest BCUT2D eigenvalue weighted by atomic mass is 10.1. The Bertz CT molecular complexity index is 1170. The first-order chi connectivity index (χ1) is 13.5. The summed E-state index contributed by atoms with van der Waals surface area (Å²) in [6.07, 6.45) is 1.74. The van der Waals surface area contributed by atoms with E-state index in [4.69, 9.17) is 0 Å². The lowest BCUT2D eigenvalue weighted by Gasteiger charge is -2.08. The number of aromatic hydroxyl groups is 2. The van der Waals surface area contributed by atoms with Crippen molar-refractivity contribution in [1.82, 2.24) is 14.6 Å². The number of Topliss-reactive ketones (excluding diaryl/α,β-unsaturated/α-hetero) is 1. The van der Waals surface area contributed by atoms with Gasteiger partial charge in [-0.2, -0.15) is 0 Å². The molecule has 0 spiro atoms. The number of phenols is 2. The molecule has 140 valence electrons. The predicted octanol–water partition coefficient (Wildman–Crippen LogP) is 3.62. The van der Waals surface area contributed by atoms with Gasteiger partial charge in [0.05, 0.1) is 11.9 Å². The fraction of sp³-hybridized carbons (Fsp3) is 0.0952. The van der Waals surface area contributed by atoms with E-state index < -0.39 is 0 Å². The number of hydrogen-bond donors (Lipinski definition) is 3. The van der Waals surface area contributed by atoms with Crippen LogP contribution in [0.15, 0.2) is 60.8 Å². The maximum absolute atomic E-state index is 11.5. The molecular formula is C21H18N4O3. The molecule has 0 amide bonds. The zero-order valence-corrected chi connectivity index (χ0v) is 15.1. The summed E-state index contributed by atoms with van der Waals surface area (Å²) in [5.74, 6) is 0.352. The summed E-state index contributed by atoms with van der Waals surface area (Å²) < 4.78 is 1.74. The maximum Gasteiger partial charge on any atom is 0.159 e. The molecule has 0 unspecified atom stereocenters. The summed E-state index contributed by atoms with van der Waals surface area (Å²) in [6.45, 7) is 1.97. The number of carbonyl (C=O) groups is 1. The molecule has 7 nitrogen and oxygen atoms in total. The molecule has 0 radical (unpaired) electrons. The van der Waals surface area contributed by atoms with Crippen molar-refractivity contribution in [1.29, 1.82) is 0 Å². The highest BCUT2D eigenvalue weighted by molar-refractivity contribution is 5.94. The van der Waals surface area contributed by atoms with Gasteiger partial charge in [-0.1, -0.05) is 30.3 Å². The number of phenolic OH excluding ortho intramolecular Hbond substituents is 2. The van der Waals surface area contributed by atoms with Crippen LogP contribution in [0.3, 0.4) is 0 Å². The van der Waals surface area contributed by atoms with Crippen LogP contribution in [0.2, 0.25) is 0 Å². The summed E-state index contributed by atoms with van der Waals surface area (Å²) in [4.78, 5) is 15.8. The molecule has 4 aromatic rings. The molecule has 3 N–H and O–H groups in total. The summed E-state index contributed by atoms with van der Waals surface area (Å²) in [5, 5.41) is 26.8. The lowest BCUT2D eigenvalue weighted by Crippen LogP contribution is -2.04. The number of nitrogens with zero attached hydrogens (tertiary/aromatic N) is 3. The van der Waals surface area contributed by atoms with Crippen molar-refractivity contribution in [2.45, 2.75) is 13.5 Å². The van der Waals surface area contributed by atoms with E-state index in [1.165, 1.54) is 19.1 Å². The Labute approximate surface area is 160 Å². The Kier molecular flexibility index (Phi) is 4.41. The number of nitrogens with one attached hydrogen (secondary N) is 1. The van der Waals surface area contributed by atoms with Gasteiger partial charge in [-0.05, 0) is 36.8 Å². The van der Waals surface area contributed by atoms with Crippen molar-refractivity contribution >= 4 is 17.2 Å². The van der Waals surface area contributed by atoms with Crippen molar-refractivity contribution in [3.8, 4) is 22.8 Å². The minimum Gasteiger partial charge on any atom is -0.504 e. The molecule has 0 saturated carbocycles. The van der Waals surface area contributed by atoms with Gasteiger partial charge >= 0.3 is 0 Å². The molecule has 0 bridgehead atoms. The second kappa shape index (κ2) is 7.03. The molecule has 0 atom stereocenters. The third-order valence-electron chi connectivity index (χ3n) is 4.46. The molecule has 28 heavy (non-hydrogen) atoms. The topological polar surface area (TPSA) is 99.8 Å². The Morgan fingerprint density at radius 2 is 1.82 bits per heavy atom. The Hall–Kier alpha value is -3.87. The van der Waals surface area contributed by atoms with Gasteiger partial charge in [0.1, 0.15) is 5.82 Å². The molecule has 2 aromatic carbocycles. The van der Waals surface area contributed by atoms with Crippen molar-refractivity contribution in [2.24, 2.45) is 0 Å². The molecule has 2 aromatic heterocycles. The van der Waals surface area contributed by atoms with Crippen LogP contribution in [0, 0.1) is 0 Å². The number of rotatable bonds is 5. The second-order valence-electron chi connectivity index (χ2n) is 6.44. The number of ketones is 1. The van der Waals surface area contributed by atoms with Crippen molar-refractivity contribution in [3.05, 3.63) is 71.9 Å². The van der Waals surface area contributed by atoms with Crippen LogP contribution in [0.4, 0.5) is 5.82 Å². The van der Waals surface area contributed by atoms with Crippen LogP contribution >= 0.6 is 0 Å². The van der Waals surface area contributed by atoms with Crippen LogP contribution in [0.25, 0.3) is 16.9 Å². The molecule has 0 aliphatic carbocycles. The smallest absolute Gasteiger partial charge is 0.159 e. The Morgan fingerprint density at radius 3 is 2.54 bits per heavy atom. The highest BCUT2D eigenvalue weighted by Crippen LogP contribution is 2.25. The summed E-state index contributed by atoms with van der Waals surface area (Å²) >= 11 is 0. The quantitative estimate of drug-likeness (QED) is 0.364. The number of fused-ring (bicyclic) bond motifs is 1. The first-order valence-corrected chi connectivity index (χ1v) is 8.72. The molecule has 2 heterocycles. The number of imidazole rings is 1. The van der Waals surface area contributed by atoms with Crippen molar-refractivity contribution in [2.75, 3.05) is 5.32 Å². The molecule has 4 rings (SSSR count). The highest BCUT2D eigenvalue weighted by atomic mass is 16.3. The number of hydrogen-bond acceptors (Lipinski definition) is 6. The average molecular weight is 374 g/mol. The van der Waals surface area contributed by atoms with Gasteiger partial charge in [0.25, 0.3) is 0 Å². The molecule has 0 aliphatic rings. The van der Waals surface area contributed by atoms with E-state index in [2.05, 4.69) is 15.4 Å². The number of carbonyl (C=O) groups excluding carboxylic acids is 1. The van der Waals surface area contributed by atoms with E-state index in [0.29, 0.717) is 23.6 Å². The normalized spacial score (nSPS) is 10.9. The van der Waals surface area contributed by atoms with Gasteiger partial charge in [-0.25, -0.2) is 9.50 Å². The summed E-state index contributed by atoms with van der Waals surface area (Å²) in [7, 11) is 0. The van der Waals surface area contributed by atoms with Gasteiger partial charge < -0.3 is 15.5 Å². The van der Waals surface area contributed by atoms with E-state index in [9.17, 15) is 15.0 Å². The second-order valence-corrected chi connectivity index (χ2v) is 6.44. The van der Waals surface area contributed by atoms with E-state index in [-0.39, 0.29) is 17.3 Å². The zero-order chi connectivity index (χ0) is 19.7. The highest BCUT2D eigenvalue weighted by Gasteiger charge is 2.09. The summed E-state index contributed by atoms with van der Waals surface area (Å²) in [5.41, 5.74) is 3.90. The van der Waals surface area contributed by atoms with Crippen molar-refractivity contribution in [3.63, 3.8) is 0 Å². The van der Waals surface area contributed by atoms with E-state index >= 15 is 0 Å². The van der Waals surface area contributed by atoms with Crippen molar-refractivity contribution < 1.29 is 15.0 Å². The van der Waals surface area contributed by atoms with Gasteiger partial charge in [-0.3, -0.25) is 4.79 Å². The molecule has 0 fully saturated rings. The standard InChI is InChI=1S/C21H18N4O3/c1-13(26)15-3-5-16(6-4-15)17-12-23-21-9-8-20(24-25(17)21)22-11-14-2-7-18(27)19(28)10-14/h2-10,12,27-28H,11H2,1H3,(H,22,24). The number of anilines is 1. The van der Waals surface area contributed by atoms with Crippen LogP contribution in [0.5, 0.6) is 11.5 Å². The maximum atomic E-state index is 11.5. The fourth-order valence-electron chi connectivity index (χ4n) is 2.91. The van der Waals surface area contributed by atoms with E-state index in [1.54, 1.807) is 28.9 Å². The zero-order valence-electron chi connectivity index (χ0n) is 15.1. The van der Waals surface area contributed by atoms with Crippen LogP contribution < -0.4 is 5.32 Å². The van der Waals surface area contributed by atoms with E-state index in [0.717, 1.165) is 16.8 Å². The van der Waals surface area contributed by atoms with E-state index in [1.807, 2.05) is 24.3 Å². The van der Waals surface area contributed by atoms with Gasteiger partial charge in [0.2, 0.25) is 0 Å². The Balaban J connectivity index is 1.60. The van der Waals surface area contributed by atoms with Gasteiger partial charge in [0, 0.05) is 17.7 Å². The largest absolute Gasteiger partial charge is 0.504 e. The lowest BCUT2D eigenvalue weighted by molar-refractivity contribution is 0.101. The Morgan fingerprint density at radius 1 is 1.04 bits per heavy atom. The van der Waals surface area contributed by atoms with Crippen LogP contribution in [-0.2, 0) is 6.54 Å².